The van der Waals surface area contributed by atoms with E-state index in [0.29, 0.717) is 17.7 Å². The minimum atomic E-state index is 0.0150. The quantitative estimate of drug-likeness (QED) is 0.307. The summed E-state index contributed by atoms with van der Waals surface area (Å²) in [4.78, 5) is 17.7. The molecule has 0 aliphatic heterocycles. The van der Waals surface area contributed by atoms with Crippen molar-refractivity contribution in [2.24, 2.45) is 0 Å². The van der Waals surface area contributed by atoms with Gasteiger partial charge in [0.25, 0.3) is 5.56 Å². The second kappa shape index (κ2) is 8.19. The molecule has 3 aromatic rings. The van der Waals surface area contributed by atoms with E-state index in [2.05, 4.69) is 28.0 Å². The van der Waals surface area contributed by atoms with Crippen molar-refractivity contribution in [1.29, 1.82) is 0 Å². The number of rotatable bonds is 7. The van der Waals surface area contributed by atoms with E-state index in [9.17, 15) is 4.79 Å². The van der Waals surface area contributed by atoms with Gasteiger partial charge in [0, 0.05) is 22.8 Å². The zero-order valence-corrected chi connectivity index (χ0v) is 16.7. The fourth-order valence-corrected chi connectivity index (χ4v) is 3.89. The molecule has 3 rings (SSSR count). The van der Waals surface area contributed by atoms with Crippen LogP contribution in [0.25, 0.3) is 10.9 Å². The van der Waals surface area contributed by atoms with Gasteiger partial charge >= 0.3 is 0 Å². The molecule has 7 heteroatoms. The van der Waals surface area contributed by atoms with Gasteiger partial charge in [-0.3, -0.25) is 9.36 Å². The molecule has 0 saturated heterocycles. The molecule has 0 saturated carbocycles. The number of hydrogen-bond acceptors (Lipinski definition) is 5. The Morgan fingerprint density at radius 2 is 2.12 bits per heavy atom. The van der Waals surface area contributed by atoms with E-state index in [1.807, 2.05) is 31.2 Å². The van der Waals surface area contributed by atoms with Gasteiger partial charge in [-0.15, -0.1) is 0 Å². The summed E-state index contributed by atoms with van der Waals surface area (Å²) in [7, 11) is 0. The van der Waals surface area contributed by atoms with Crippen LogP contribution in [0.15, 0.2) is 43.2 Å². The monoisotopic (exact) mass is 421 g/mol. The average Bonchev–Trinajstić information content (AvgIpc) is 3.01. The second-order valence-electron chi connectivity index (χ2n) is 5.94. The van der Waals surface area contributed by atoms with Crippen molar-refractivity contribution in [1.82, 2.24) is 14.7 Å². The summed E-state index contributed by atoms with van der Waals surface area (Å²) in [6, 6.07) is 7.54. The molecule has 2 heterocycles. The summed E-state index contributed by atoms with van der Waals surface area (Å²) < 4.78 is 7.79. The Morgan fingerprint density at radius 3 is 2.84 bits per heavy atom. The molecular formula is C18H20BrN3O2S. The maximum Gasteiger partial charge on any atom is 0.262 e. The molecule has 0 bridgehead atoms. The fourth-order valence-electron chi connectivity index (χ4n) is 2.62. The van der Waals surface area contributed by atoms with E-state index >= 15 is 0 Å². The first-order valence-corrected chi connectivity index (χ1v) is 10.1. The number of fused-ring (bicyclic) bond motifs is 1. The maximum absolute atomic E-state index is 13.0. The van der Waals surface area contributed by atoms with Crippen molar-refractivity contribution in [3.8, 4) is 0 Å². The van der Waals surface area contributed by atoms with Crippen LogP contribution in [0.5, 0.6) is 0 Å². The van der Waals surface area contributed by atoms with Gasteiger partial charge in [-0.1, -0.05) is 52.6 Å². The number of halogens is 1. The third kappa shape index (κ3) is 4.33. The van der Waals surface area contributed by atoms with Crippen LogP contribution in [0.4, 0.5) is 0 Å². The lowest BCUT2D eigenvalue weighted by molar-refractivity contribution is 0.393. The van der Waals surface area contributed by atoms with Gasteiger partial charge < -0.3 is 4.52 Å². The Bertz CT molecular complexity index is 936. The maximum atomic E-state index is 13.0. The summed E-state index contributed by atoms with van der Waals surface area (Å²) in [5.41, 5.74) is 1.59. The van der Waals surface area contributed by atoms with Gasteiger partial charge in [-0.05, 0) is 31.5 Å². The van der Waals surface area contributed by atoms with Crippen LogP contribution >= 0.6 is 27.7 Å². The Morgan fingerprint density at radius 1 is 1.28 bits per heavy atom. The van der Waals surface area contributed by atoms with Gasteiger partial charge in [0.1, 0.15) is 5.76 Å². The third-order valence-electron chi connectivity index (χ3n) is 3.89. The predicted molar refractivity (Wildman–Crippen MR) is 104 cm³/mol. The van der Waals surface area contributed by atoms with Crippen LogP contribution in [0.2, 0.25) is 0 Å². The Hall–Kier alpha value is -1.60. The molecule has 1 aromatic carbocycles. The van der Waals surface area contributed by atoms with Crippen LogP contribution in [0, 0.1) is 6.92 Å². The zero-order valence-electron chi connectivity index (χ0n) is 14.3. The molecule has 0 fully saturated rings. The molecule has 0 radical (unpaired) electrons. The SMILES string of the molecule is CCCCCn1c(SCc2cc(C)on2)nc2ccc(Br)cc2c1=O. The van der Waals surface area contributed by atoms with Gasteiger partial charge in [-0.2, -0.15) is 0 Å². The van der Waals surface area contributed by atoms with Crippen LogP contribution in [-0.4, -0.2) is 14.7 Å². The van der Waals surface area contributed by atoms with Crippen LogP contribution in [0.3, 0.4) is 0 Å². The Kier molecular flexibility index (Phi) is 5.96. The van der Waals surface area contributed by atoms with Crippen molar-refractivity contribution in [3.05, 3.63) is 50.5 Å². The molecule has 0 amide bonds. The van der Waals surface area contributed by atoms with E-state index in [-0.39, 0.29) is 5.56 Å². The third-order valence-corrected chi connectivity index (χ3v) is 5.40. The molecule has 0 aliphatic carbocycles. The molecule has 2 aromatic heterocycles. The number of aromatic nitrogens is 3. The standard InChI is InChI=1S/C18H20BrN3O2S/c1-3-4-5-8-22-17(23)15-10-13(19)6-7-16(15)20-18(22)25-11-14-9-12(2)24-21-14/h6-7,9-10H,3-5,8,11H2,1-2H3. The molecule has 25 heavy (non-hydrogen) atoms. The zero-order chi connectivity index (χ0) is 17.8. The van der Waals surface area contributed by atoms with Crippen LogP contribution in [0.1, 0.15) is 37.6 Å². The Balaban J connectivity index is 1.96. The highest BCUT2D eigenvalue weighted by molar-refractivity contribution is 9.10. The van der Waals surface area contributed by atoms with Crippen molar-refractivity contribution in [2.75, 3.05) is 0 Å². The molecule has 0 aliphatic rings. The van der Waals surface area contributed by atoms with E-state index in [1.54, 1.807) is 4.57 Å². The number of unbranched alkanes of at least 4 members (excludes halogenated alkanes) is 2. The van der Waals surface area contributed by atoms with Gasteiger partial charge in [-0.25, -0.2) is 4.98 Å². The molecule has 0 N–H and O–H groups in total. The molecule has 0 atom stereocenters. The number of hydrogen-bond donors (Lipinski definition) is 0. The van der Waals surface area contributed by atoms with Gasteiger partial charge in [0.2, 0.25) is 0 Å². The lowest BCUT2D eigenvalue weighted by atomic mass is 10.2. The van der Waals surface area contributed by atoms with Crippen LogP contribution < -0.4 is 5.56 Å². The topological polar surface area (TPSA) is 60.9 Å². The summed E-state index contributed by atoms with van der Waals surface area (Å²) in [6.07, 6.45) is 3.17. The highest BCUT2D eigenvalue weighted by Crippen LogP contribution is 2.24. The summed E-state index contributed by atoms with van der Waals surface area (Å²) in [6.45, 7) is 4.71. The number of benzene rings is 1. The summed E-state index contributed by atoms with van der Waals surface area (Å²) >= 11 is 4.96. The largest absolute Gasteiger partial charge is 0.361 e. The highest BCUT2D eigenvalue weighted by atomic mass is 79.9. The van der Waals surface area contributed by atoms with E-state index in [1.165, 1.54) is 11.8 Å². The fraction of sp³-hybridized carbons (Fsp3) is 0.389. The van der Waals surface area contributed by atoms with E-state index in [0.717, 1.165) is 45.9 Å². The molecule has 0 spiro atoms. The normalized spacial score (nSPS) is 11.3. The van der Waals surface area contributed by atoms with Crippen molar-refractivity contribution < 1.29 is 4.52 Å². The average molecular weight is 422 g/mol. The Labute approximate surface area is 158 Å². The van der Waals surface area contributed by atoms with E-state index in [4.69, 9.17) is 9.51 Å². The number of nitrogens with zero attached hydrogens (tertiary/aromatic N) is 3. The van der Waals surface area contributed by atoms with Crippen molar-refractivity contribution in [2.45, 2.75) is 50.6 Å². The van der Waals surface area contributed by atoms with Gasteiger partial charge in [0.05, 0.1) is 16.6 Å². The first kappa shape index (κ1) is 18.2. The first-order chi connectivity index (χ1) is 12.1. The van der Waals surface area contributed by atoms with Gasteiger partial charge in [0.15, 0.2) is 5.16 Å². The minimum Gasteiger partial charge on any atom is -0.361 e. The number of aryl methyl sites for hydroxylation is 1. The second-order valence-corrected chi connectivity index (χ2v) is 7.80. The van der Waals surface area contributed by atoms with E-state index < -0.39 is 0 Å². The highest BCUT2D eigenvalue weighted by Gasteiger charge is 2.13. The molecule has 0 unspecified atom stereocenters. The van der Waals surface area contributed by atoms with Crippen LogP contribution in [-0.2, 0) is 12.3 Å². The smallest absolute Gasteiger partial charge is 0.262 e. The predicted octanol–water partition coefficient (Wildman–Crippen LogP) is 4.94. The molecule has 132 valence electrons. The summed E-state index contributed by atoms with van der Waals surface area (Å²) in [5.74, 6) is 1.41. The first-order valence-electron chi connectivity index (χ1n) is 8.33. The minimum absolute atomic E-state index is 0.0150. The summed E-state index contributed by atoms with van der Waals surface area (Å²) in [5, 5.41) is 5.39. The van der Waals surface area contributed by atoms with Crippen molar-refractivity contribution in [3.63, 3.8) is 0 Å². The van der Waals surface area contributed by atoms with Crippen molar-refractivity contribution >= 4 is 38.6 Å². The lowest BCUT2D eigenvalue weighted by Crippen LogP contribution is -2.23. The lowest BCUT2D eigenvalue weighted by Gasteiger charge is -2.12. The molecular weight excluding hydrogens is 402 g/mol. The molecule has 5 nitrogen and oxygen atoms in total. The number of thioether (sulfide) groups is 1.